The van der Waals surface area contributed by atoms with Gasteiger partial charge in [0, 0.05) is 39.6 Å². The molecule has 1 aromatic carbocycles. The van der Waals surface area contributed by atoms with Gasteiger partial charge in [0.05, 0.1) is 22.2 Å². The monoisotopic (exact) mass is 526 g/mol. The smallest absolute Gasteiger partial charge is 0.407 e. The number of aromatic nitrogens is 2. The summed E-state index contributed by atoms with van der Waals surface area (Å²) >= 11 is 3.70. The van der Waals surface area contributed by atoms with Gasteiger partial charge in [-0.2, -0.15) is 0 Å². The number of nitrogens with one attached hydrogen (secondary N) is 2. The third-order valence-corrected chi connectivity index (χ3v) is 8.92. The molecule has 2 aromatic heterocycles. The number of alkyl carbamates (subject to hydrolysis) is 1. The number of amides is 1. The van der Waals surface area contributed by atoms with Crippen LogP contribution in [0.2, 0.25) is 0 Å². The normalized spacial score (nSPS) is 19.8. The summed E-state index contributed by atoms with van der Waals surface area (Å²) in [5.74, 6) is 0.697. The van der Waals surface area contributed by atoms with E-state index in [1.54, 1.807) is 17.4 Å². The molecular weight excluding hydrogens is 495 g/mol. The fourth-order valence-corrected chi connectivity index (χ4v) is 6.79. The number of thioether (sulfide) groups is 1. The van der Waals surface area contributed by atoms with E-state index in [9.17, 15) is 9.18 Å². The first-order valence-electron chi connectivity index (χ1n) is 12.6. The molecule has 2 heterocycles. The van der Waals surface area contributed by atoms with Crippen LogP contribution < -0.4 is 10.6 Å². The van der Waals surface area contributed by atoms with E-state index in [1.165, 1.54) is 45.4 Å². The summed E-state index contributed by atoms with van der Waals surface area (Å²) in [6, 6.07) is 9.58. The van der Waals surface area contributed by atoms with Gasteiger partial charge in [0.2, 0.25) is 0 Å². The molecule has 3 aromatic rings. The molecule has 2 aliphatic rings. The van der Waals surface area contributed by atoms with E-state index < -0.39 is 0 Å². The van der Waals surface area contributed by atoms with E-state index in [2.05, 4.69) is 27.8 Å². The highest BCUT2D eigenvalue weighted by Gasteiger charge is 2.27. The number of nitrogens with zero attached hydrogens (tertiary/aromatic N) is 2. The molecule has 0 aliphatic heterocycles. The van der Waals surface area contributed by atoms with Gasteiger partial charge in [-0.05, 0) is 76.6 Å². The number of pyridine rings is 1. The van der Waals surface area contributed by atoms with Crippen molar-refractivity contribution in [3.8, 4) is 10.4 Å². The van der Waals surface area contributed by atoms with E-state index in [0.29, 0.717) is 17.0 Å². The van der Waals surface area contributed by atoms with Crippen LogP contribution in [0.1, 0.15) is 63.3 Å². The van der Waals surface area contributed by atoms with E-state index in [4.69, 9.17) is 9.72 Å². The fraction of sp³-hybridized carbons (Fsp3) is 0.444. The molecule has 190 valence electrons. The van der Waals surface area contributed by atoms with E-state index in [0.717, 1.165) is 31.4 Å². The number of rotatable bonds is 8. The number of hydrogen-bond donors (Lipinski definition) is 2. The van der Waals surface area contributed by atoms with E-state index >= 15 is 0 Å². The average Bonchev–Trinajstić information content (AvgIpc) is 3.53. The Balaban J connectivity index is 1.26. The lowest BCUT2D eigenvalue weighted by Crippen LogP contribution is -2.38. The predicted octanol–water partition coefficient (Wildman–Crippen LogP) is 7.50. The zero-order valence-corrected chi connectivity index (χ0v) is 22.1. The third kappa shape index (κ3) is 6.56. The van der Waals surface area contributed by atoms with Gasteiger partial charge in [0.15, 0.2) is 0 Å². The van der Waals surface area contributed by atoms with Crippen molar-refractivity contribution < 1.29 is 13.9 Å². The van der Waals surface area contributed by atoms with Crippen LogP contribution in [0.25, 0.3) is 10.4 Å². The van der Waals surface area contributed by atoms with Crippen LogP contribution in [-0.2, 0) is 4.74 Å². The Morgan fingerprint density at radius 2 is 1.89 bits per heavy atom. The van der Waals surface area contributed by atoms with Crippen LogP contribution in [0.3, 0.4) is 0 Å². The first kappa shape index (κ1) is 25.0. The lowest BCUT2D eigenvalue weighted by atomic mass is 9.86. The Morgan fingerprint density at radius 3 is 2.58 bits per heavy atom. The van der Waals surface area contributed by atoms with Crippen LogP contribution >= 0.6 is 23.1 Å². The quantitative estimate of drug-likeness (QED) is 0.316. The number of carbonyl (C=O) groups is 1. The van der Waals surface area contributed by atoms with Gasteiger partial charge >= 0.3 is 6.09 Å². The van der Waals surface area contributed by atoms with Crippen molar-refractivity contribution in [1.29, 1.82) is 0 Å². The molecule has 2 aliphatic carbocycles. The minimum absolute atomic E-state index is 0.109. The Labute approximate surface area is 219 Å². The van der Waals surface area contributed by atoms with Gasteiger partial charge in [-0.15, -0.1) is 23.1 Å². The first-order valence-corrected chi connectivity index (χ1v) is 14.2. The zero-order valence-electron chi connectivity index (χ0n) is 20.5. The van der Waals surface area contributed by atoms with Crippen molar-refractivity contribution in [2.75, 3.05) is 5.32 Å². The number of benzene rings is 1. The SMILES string of the molecule is CC(C)OC(=O)NC1CCC(c2ncc(-c3ccc(Nc4ccc(F)cn4)cc3SC3CC3)s2)CC1. The Kier molecular flexibility index (Phi) is 7.76. The molecule has 36 heavy (non-hydrogen) atoms. The maximum absolute atomic E-state index is 13.2. The van der Waals surface area contributed by atoms with Gasteiger partial charge < -0.3 is 15.4 Å². The Bertz CT molecular complexity index is 1190. The van der Waals surface area contributed by atoms with Crippen molar-refractivity contribution in [3.63, 3.8) is 0 Å². The molecule has 2 saturated carbocycles. The topological polar surface area (TPSA) is 76.1 Å². The second-order valence-corrected chi connectivity index (χ2v) is 12.1. The van der Waals surface area contributed by atoms with Crippen LogP contribution in [0.4, 0.5) is 20.7 Å². The van der Waals surface area contributed by atoms with E-state index in [1.807, 2.05) is 37.9 Å². The summed E-state index contributed by atoms with van der Waals surface area (Å²) in [5, 5.41) is 8.13. The summed E-state index contributed by atoms with van der Waals surface area (Å²) in [7, 11) is 0. The van der Waals surface area contributed by atoms with Gasteiger partial charge in [-0.1, -0.05) is 6.07 Å². The molecule has 6 nitrogen and oxygen atoms in total. The van der Waals surface area contributed by atoms with Crippen molar-refractivity contribution in [2.24, 2.45) is 0 Å². The summed E-state index contributed by atoms with van der Waals surface area (Å²) in [6.07, 6.45) is 9.19. The van der Waals surface area contributed by atoms with Gasteiger partial charge in [0.1, 0.15) is 11.6 Å². The average molecular weight is 527 g/mol. The largest absolute Gasteiger partial charge is 0.447 e. The summed E-state index contributed by atoms with van der Waals surface area (Å²) < 4.78 is 18.4. The second-order valence-electron chi connectivity index (χ2n) is 9.72. The lowest BCUT2D eigenvalue weighted by Gasteiger charge is -2.28. The number of thiazole rings is 1. The first-order chi connectivity index (χ1) is 17.4. The number of halogens is 1. The van der Waals surface area contributed by atoms with Crippen molar-refractivity contribution in [3.05, 3.63) is 53.6 Å². The highest BCUT2D eigenvalue weighted by Crippen LogP contribution is 2.46. The Hall–Kier alpha value is -2.65. The van der Waals surface area contributed by atoms with Crippen LogP contribution in [0.15, 0.2) is 47.6 Å². The number of carbonyl (C=O) groups excluding carboxylic acids is 1. The van der Waals surface area contributed by atoms with Gasteiger partial charge in [-0.25, -0.2) is 19.2 Å². The van der Waals surface area contributed by atoms with Crippen molar-refractivity contribution in [1.82, 2.24) is 15.3 Å². The molecule has 0 radical (unpaired) electrons. The molecule has 0 bridgehead atoms. The third-order valence-electron chi connectivity index (χ3n) is 6.33. The molecule has 1 amide bonds. The number of hydrogen-bond acceptors (Lipinski definition) is 7. The minimum Gasteiger partial charge on any atom is -0.447 e. The fourth-order valence-electron chi connectivity index (χ4n) is 4.36. The maximum Gasteiger partial charge on any atom is 0.407 e. The van der Waals surface area contributed by atoms with Gasteiger partial charge in [-0.3, -0.25) is 0 Å². The highest BCUT2D eigenvalue weighted by molar-refractivity contribution is 8.00. The van der Waals surface area contributed by atoms with Crippen LogP contribution in [-0.4, -0.2) is 33.5 Å². The zero-order chi connectivity index (χ0) is 25.1. The second kappa shape index (κ2) is 11.2. The summed E-state index contributed by atoms with van der Waals surface area (Å²) in [6.45, 7) is 3.72. The molecule has 2 N–H and O–H groups in total. The molecular formula is C27H31FN4O2S2. The maximum atomic E-state index is 13.2. The summed E-state index contributed by atoms with van der Waals surface area (Å²) in [4.78, 5) is 23.3. The molecule has 0 atom stereocenters. The van der Waals surface area contributed by atoms with Crippen LogP contribution in [0.5, 0.6) is 0 Å². The molecule has 9 heteroatoms. The predicted molar refractivity (Wildman–Crippen MR) is 144 cm³/mol. The number of ether oxygens (including phenoxy) is 1. The number of anilines is 2. The summed E-state index contributed by atoms with van der Waals surface area (Å²) in [5.41, 5.74) is 2.15. The lowest BCUT2D eigenvalue weighted by molar-refractivity contribution is 0.109. The van der Waals surface area contributed by atoms with Crippen LogP contribution in [0, 0.1) is 5.82 Å². The van der Waals surface area contributed by atoms with Crippen molar-refractivity contribution >= 4 is 40.7 Å². The standard InChI is InChI=1S/C27H31FN4O2S2/c1-16(2)34-27(33)32-19-6-3-17(4-7-19)26-30-15-24(36-26)22-11-8-20(13-23(22)35-21-9-10-21)31-25-12-5-18(28)14-29-25/h5,8,11-17,19,21H,3-4,6-7,9-10H2,1-2H3,(H,29,31)(H,32,33). The molecule has 5 rings (SSSR count). The minimum atomic E-state index is -0.347. The highest BCUT2D eigenvalue weighted by atomic mass is 32.2. The van der Waals surface area contributed by atoms with Crippen molar-refractivity contribution in [2.45, 2.75) is 80.6 Å². The molecule has 0 saturated heterocycles. The molecule has 2 fully saturated rings. The molecule has 0 unspecified atom stereocenters. The van der Waals surface area contributed by atoms with Gasteiger partial charge in [0.25, 0.3) is 0 Å². The van der Waals surface area contributed by atoms with E-state index in [-0.39, 0.29) is 24.1 Å². The Morgan fingerprint density at radius 1 is 1.08 bits per heavy atom. The molecule has 0 spiro atoms.